The smallest absolute Gasteiger partial charge is 0.358 e. The van der Waals surface area contributed by atoms with Crippen LogP contribution in [0.15, 0.2) is 11.1 Å². The van der Waals surface area contributed by atoms with Crippen molar-refractivity contribution in [1.29, 1.82) is 0 Å². The molecule has 0 amide bonds. The van der Waals surface area contributed by atoms with Gasteiger partial charge >= 0.3 is 11.9 Å². The summed E-state index contributed by atoms with van der Waals surface area (Å²) in [5.74, 6) is -1.12. The zero-order valence-electron chi connectivity index (χ0n) is 12.9. The van der Waals surface area contributed by atoms with Gasteiger partial charge in [0.2, 0.25) is 0 Å². The maximum Gasteiger partial charge on any atom is 0.358 e. The van der Waals surface area contributed by atoms with Gasteiger partial charge in [-0.1, -0.05) is 0 Å². The van der Waals surface area contributed by atoms with Crippen molar-refractivity contribution in [3.05, 3.63) is 11.8 Å². The van der Waals surface area contributed by atoms with Crippen molar-refractivity contribution in [3.8, 4) is 0 Å². The Bertz CT molecular complexity index is 684. The summed E-state index contributed by atoms with van der Waals surface area (Å²) in [6, 6.07) is 1.15. The molecular weight excluding hydrogens is 326 g/mol. The molecule has 0 saturated carbocycles. The molecule has 2 heterocycles. The molecule has 1 aromatic heterocycles. The molecule has 1 aliphatic heterocycles. The fourth-order valence-electron chi connectivity index (χ4n) is 2.39. The molecular formula is C13H19N3O6S. The van der Waals surface area contributed by atoms with E-state index in [2.05, 4.69) is 14.9 Å². The molecule has 2 rings (SSSR count). The predicted octanol–water partition coefficient (Wildman–Crippen LogP) is 0.160. The van der Waals surface area contributed by atoms with Gasteiger partial charge in [-0.05, 0) is 19.3 Å². The molecule has 0 spiro atoms. The first-order valence-corrected chi connectivity index (χ1v) is 8.62. The van der Waals surface area contributed by atoms with Crippen LogP contribution in [0.5, 0.6) is 0 Å². The number of sulfonamides is 1. The van der Waals surface area contributed by atoms with Crippen LogP contribution in [0.1, 0.15) is 30.3 Å². The van der Waals surface area contributed by atoms with Gasteiger partial charge in [-0.3, -0.25) is 9.89 Å². The van der Waals surface area contributed by atoms with Crippen molar-refractivity contribution >= 4 is 22.0 Å². The molecule has 0 aliphatic carbocycles. The minimum Gasteiger partial charge on any atom is -0.469 e. The van der Waals surface area contributed by atoms with Crippen LogP contribution in [-0.2, 0) is 24.3 Å². The minimum atomic E-state index is -3.79. The van der Waals surface area contributed by atoms with E-state index < -0.39 is 16.0 Å². The second kappa shape index (κ2) is 7.09. The van der Waals surface area contributed by atoms with Gasteiger partial charge in [0.15, 0.2) is 10.7 Å². The molecule has 0 radical (unpaired) electrons. The number of aromatic amines is 1. The monoisotopic (exact) mass is 345 g/mol. The molecule has 9 nitrogen and oxygen atoms in total. The summed E-state index contributed by atoms with van der Waals surface area (Å²) in [6.45, 7) is 2.35. The van der Waals surface area contributed by atoms with Gasteiger partial charge in [-0.2, -0.15) is 9.40 Å². The molecule has 1 aromatic rings. The Morgan fingerprint density at radius 2 is 2.22 bits per heavy atom. The number of nitrogens with zero attached hydrogens (tertiary/aromatic N) is 2. The van der Waals surface area contributed by atoms with E-state index in [0.29, 0.717) is 13.0 Å². The molecule has 1 saturated heterocycles. The summed E-state index contributed by atoms with van der Waals surface area (Å²) in [5, 5.41) is 5.86. The van der Waals surface area contributed by atoms with Crippen molar-refractivity contribution in [2.24, 2.45) is 5.92 Å². The molecule has 1 unspecified atom stereocenters. The van der Waals surface area contributed by atoms with Gasteiger partial charge in [0.05, 0.1) is 13.7 Å². The summed E-state index contributed by atoms with van der Waals surface area (Å²) in [6.07, 6.45) is 0.757. The third kappa shape index (κ3) is 3.88. The van der Waals surface area contributed by atoms with E-state index in [1.165, 1.54) is 11.4 Å². The van der Waals surface area contributed by atoms with Crippen molar-refractivity contribution in [2.45, 2.75) is 24.8 Å². The Kier molecular flexibility index (Phi) is 5.37. The normalized spacial score (nSPS) is 18.8. The number of H-pyrrole nitrogens is 1. The maximum absolute atomic E-state index is 12.5. The number of carbonyl (C=O) groups is 2. The highest BCUT2D eigenvalue weighted by Gasteiger charge is 2.35. The first kappa shape index (κ1) is 17.4. The maximum atomic E-state index is 12.5. The minimum absolute atomic E-state index is 0.0790. The Hall–Kier alpha value is -1.94. The first-order chi connectivity index (χ1) is 10.9. The predicted molar refractivity (Wildman–Crippen MR) is 78.0 cm³/mol. The second-order valence-corrected chi connectivity index (χ2v) is 7.04. The Morgan fingerprint density at radius 1 is 1.48 bits per heavy atom. The number of ether oxygens (including phenoxy) is 2. The van der Waals surface area contributed by atoms with Crippen LogP contribution in [0.2, 0.25) is 0 Å². The van der Waals surface area contributed by atoms with E-state index in [9.17, 15) is 18.0 Å². The van der Waals surface area contributed by atoms with Gasteiger partial charge in [-0.25, -0.2) is 13.2 Å². The van der Waals surface area contributed by atoms with Crippen molar-refractivity contribution in [1.82, 2.24) is 14.5 Å². The SMILES string of the molecule is CCOC(=O)c1cc(S(=O)(=O)N2CCC(CC(=O)OC)C2)[nH]n1. The van der Waals surface area contributed by atoms with E-state index in [-0.39, 0.29) is 42.2 Å². The van der Waals surface area contributed by atoms with E-state index >= 15 is 0 Å². The lowest BCUT2D eigenvalue weighted by Gasteiger charge is -2.14. The number of aromatic nitrogens is 2. The fourth-order valence-corrected chi connectivity index (χ4v) is 3.84. The van der Waals surface area contributed by atoms with Gasteiger partial charge in [0, 0.05) is 25.6 Å². The van der Waals surface area contributed by atoms with Crippen LogP contribution in [-0.4, -0.2) is 61.7 Å². The molecule has 0 bridgehead atoms. The van der Waals surface area contributed by atoms with Crippen LogP contribution >= 0.6 is 0 Å². The zero-order valence-corrected chi connectivity index (χ0v) is 13.8. The Labute approximate surface area is 134 Å². The average molecular weight is 345 g/mol. The lowest BCUT2D eigenvalue weighted by Crippen LogP contribution is -2.29. The van der Waals surface area contributed by atoms with Crippen molar-refractivity contribution in [3.63, 3.8) is 0 Å². The highest BCUT2D eigenvalue weighted by atomic mass is 32.2. The fraction of sp³-hybridized carbons (Fsp3) is 0.615. The summed E-state index contributed by atoms with van der Waals surface area (Å²) < 4.78 is 35.7. The van der Waals surface area contributed by atoms with Crippen molar-refractivity contribution < 1.29 is 27.5 Å². The summed E-state index contributed by atoms with van der Waals surface area (Å²) >= 11 is 0. The summed E-state index contributed by atoms with van der Waals surface area (Å²) in [7, 11) is -2.49. The zero-order chi connectivity index (χ0) is 17.0. The molecule has 1 fully saturated rings. The molecule has 128 valence electrons. The van der Waals surface area contributed by atoms with Crippen molar-refractivity contribution in [2.75, 3.05) is 26.8 Å². The number of esters is 2. The molecule has 23 heavy (non-hydrogen) atoms. The van der Waals surface area contributed by atoms with E-state index in [1.54, 1.807) is 6.92 Å². The largest absolute Gasteiger partial charge is 0.469 e. The van der Waals surface area contributed by atoms with Gasteiger partial charge in [0.25, 0.3) is 10.0 Å². The number of hydrogen-bond donors (Lipinski definition) is 1. The number of methoxy groups -OCH3 is 1. The highest BCUT2D eigenvalue weighted by molar-refractivity contribution is 7.89. The number of hydrogen-bond acceptors (Lipinski definition) is 7. The van der Waals surface area contributed by atoms with E-state index in [4.69, 9.17) is 4.74 Å². The standard InChI is InChI=1S/C13H19N3O6S/c1-3-22-13(18)10-7-11(15-14-10)23(19,20)16-5-4-9(8-16)6-12(17)21-2/h7,9H,3-6,8H2,1-2H3,(H,14,15). The van der Waals surface area contributed by atoms with Gasteiger partial charge in [-0.15, -0.1) is 0 Å². The van der Waals surface area contributed by atoms with Crippen LogP contribution in [0, 0.1) is 5.92 Å². The molecule has 1 N–H and O–H groups in total. The quantitative estimate of drug-likeness (QED) is 0.729. The van der Waals surface area contributed by atoms with E-state index in [1.807, 2.05) is 0 Å². The molecule has 1 aliphatic rings. The van der Waals surface area contributed by atoms with E-state index in [0.717, 1.165) is 6.07 Å². The number of rotatable bonds is 6. The summed E-state index contributed by atoms with van der Waals surface area (Å²) in [4.78, 5) is 22.8. The van der Waals surface area contributed by atoms with Crippen LogP contribution in [0.4, 0.5) is 0 Å². The molecule has 0 aromatic carbocycles. The van der Waals surface area contributed by atoms with Crippen LogP contribution in [0.3, 0.4) is 0 Å². The molecule has 1 atom stereocenters. The lowest BCUT2D eigenvalue weighted by molar-refractivity contribution is -0.141. The van der Waals surface area contributed by atoms with Crippen LogP contribution in [0.25, 0.3) is 0 Å². The first-order valence-electron chi connectivity index (χ1n) is 7.18. The Balaban J connectivity index is 2.08. The third-order valence-electron chi connectivity index (χ3n) is 3.59. The second-order valence-electron chi connectivity index (χ2n) is 5.14. The third-order valence-corrected chi connectivity index (χ3v) is 5.36. The highest BCUT2D eigenvalue weighted by Crippen LogP contribution is 2.26. The molecule has 10 heteroatoms. The van der Waals surface area contributed by atoms with Crippen LogP contribution < -0.4 is 0 Å². The van der Waals surface area contributed by atoms with Gasteiger partial charge in [0.1, 0.15) is 0 Å². The van der Waals surface area contributed by atoms with Gasteiger partial charge < -0.3 is 9.47 Å². The summed E-state index contributed by atoms with van der Waals surface area (Å²) in [5.41, 5.74) is -0.0873. The Morgan fingerprint density at radius 3 is 2.87 bits per heavy atom. The lowest BCUT2D eigenvalue weighted by atomic mass is 10.1. The topological polar surface area (TPSA) is 119 Å². The number of carbonyl (C=O) groups excluding carboxylic acids is 2. The average Bonchev–Trinajstić information content (AvgIpc) is 3.17. The number of nitrogens with one attached hydrogen (secondary N) is 1.